The van der Waals surface area contributed by atoms with Crippen LogP contribution < -0.4 is 9.64 Å². The van der Waals surface area contributed by atoms with E-state index in [2.05, 4.69) is 14.9 Å². The van der Waals surface area contributed by atoms with Gasteiger partial charge in [-0.05, 0) is 39.0 Å². The molecule has 2 saturated heterocycles. The molecule has 0 radical (unpaired) electrons. The van der Waals surface area contributed by atoms with Crippen molar-refractivity contribution in [1.82, 2.24) is 14.9 Å². The lowest BCUT2D eigenvalue weighted by Gasteiger charge is -2.37. The molecule has 6 nitrogen and oxygen atoms in total. The van der Waals surface area contributed by atoms with Crippen LogP contribution in [0.2, 0.25) is 5.15 Å². The van der Waals surface area contributed by atoms with E-state index < -0.39 is 11.8 Å². The van der Waals surface area contributed by atoms with Crippen molar-refractivity contribution in [3.63, 3.8) is 0 Å². The number of aliphatic hydroxyl groups is 1. The summed E-state index contributed by atoms with van der Waals surface area (Å²) in [5.74, 6) is 0.661. The molecule has 0 amide bonds. The maximum absolute atomic E-state index is 13.8. The summed E-state index contributed by atoms with van der Waals surface area (Å²) in [5, 5.41) is 10.6. The fraction of sp³-hybridized carbons (Fsp3) is 0.778. The number of hydrogen-bond donors (Lipinski definition) is 1. The van der Waals surface area contributed by atoms with Crippen LogP contribution in [0.1, 0.15) is 39.0 Å². The first kappa shape index (κ1) is 18.2. The van der Waals surface area contributed by atoms with E-state index in [1.807, 2.05) is 11.8 Å². The highest BCUT2D eigenvalue weighted by molar-refractivity contribution is 6.29. The van der Waals surface area contributed by atoms with Gasteiger partial charge in [-0.3, -0.25) is 4.90 Å². The van der Waals surface area contributed by atoms with Crippen molar-refractivity contribution in [3.8, 4) is 6.01 Å². The number of likely N-dealkylation sites (tertiary alicyclic amines) is 1. The molecule has 0 unspecified atom stereocenters. The summed E-state index contributed by atoms with van der Waals surface area (Å²) in [6.45, 7) is 4.02. The van der Waals surface area contributed by atoms with Crippen LogP contribution in [0.25, 0.3) is 0 Å². The largest absolute Gasteiger partial charge is 0.462 e. The van der Waals surface area contributed by atoms with Crippen molar-refractivity contribution in [2.75, 3.05) is 31.1 Å². The van der Waals surface area contributed by atoms with Crippen LogP contribution in [-0.2, 0) is 0 Å². The predicted molar refractivity (Wildman–Crippen MR) is 97.6 cm³/mol. The Bertz CT molecular complexity index is 658. The first-order valence-electron chi connectivity index (χ1n) is 9.44. The number of β-amino-alcohol motifs (C(OH)–C–C–N with tert-alkyl or cyclic N) is 1. The predicted octanol–water partition coefficient (Wildman–Crippen LogP) is 2.43. The van der Waals surface area contributed by atoms with E-state index in [1.54, 1.807) is 6.07 Å². The number of rotatable bonds is 5. The summed E-state index contributed by atoms with van der Waals surface area (Å²) < 4.78 is 19.6. The molecule has 3 heterocycles. The zero-order valence-corrected chi connectivity index (χ0v) is 15.8. The van der Waals surface area contributed by atoms with Crippen LogP contribution in [0.15, 0.2) is 6.07 Å². The molecule has 144 valence electrons. The van der Waals surface area contributed by atoms with Gasteiger partial charge in [-0.1, -0.05) is 11.6 Å². The fourth-order valence-corrected chi connectivity index (χ4v) is 4.27. The van der Waals surface area contributed by atoms with Gasteiger partial charge in [-0.15, -0.1) is 0 Å². The van der Waals surface area contributed by atoms with E-state index in [0.29, 0.717) is 43.1 Å². The quantitative estimate of drug-likeness (QED) is 0.787. The summed E-state index contributed by atoms with van der Waals surface area (Å²) in [7, 11) is 0. The van der Waals surface area contributed by atoms with E-state index in [-0.39, 0.29) is 12.1 Å². The van der Waals surface area contributed by atoms with E-state index in [9.17, 15) is 9.50 Å². The Balaban J connectivity index is 1.43. The Morgan fingerprint density at radius 1 is 1.42 bits per heavy atom. The van der Waals surface area contributed by atoms with Gasteiger partial charge in [-0.2, -0.15) is 9.97 Å². The Morgan fingerprint density at radius 3 is 2.96 bits per heavy atom. The van der Waals surface area contributed by atoms with Crippen molar-refractivity contribution < 1.29 is 14.2 Å². The lowest BCUT2D eigenvalue weighted by atomic mass is 9.95. The minimum absolute atomic E-state index is 0.0688. The summed E-state index contributed by atoms with van der Waals surface area (Å²) in [6.07, 6.45) is 3.68. The molecule has 1 aromatic heterocycles. The molecule has 2 aliphatic heterocycles. The number of hydrogen-bond acceptors (Lipinski definition) is 6. The molecule has 26 heavy (non-hydrogen) atoms. The minimum Gasteiger partial charge on any atom is -0.462 e. The summed E-state index contributed by atoms with van der Waals surface area (Å²) in [4.78, 5) is 12.9. The maximum Gasteiger partial charge on any atom is 0.319 e. The van der Waals surface area contributed by atoms with Crippen LogP contribution in [0.5, 0.6) is 6.01 Å². The standard InChI is InChI=1S/C18H26ClFN4O2/c1-18(25)5-2-6-23(11-18)16-8-15(19)21-17(22-16)26-10-14-7-12(20)9-24(14)13-3-4-13/h8,12-14,25H,2-7,9-11H2,1H3/t12-,14+,18-/m1/s1. The molecule has 0 spiro atoms. The second-order valence-corrected chi connectivity index (χ2v) is 8.47. The number of ether oxygens (including phenoxy) is 1. The third-order valence-corrected chi connectivity index (χ3v) is 5.68. The highest BCUT2D eigenvalue weighted by Crippen LogP contribution is 2.34. The van der Waals surface area contributed by atoms with Crippen molar-refractivity contribution in [2.24, 2.45) is 0 Å². The van der Waals surface area contributed by atoms with Gasteiger partial charge in [0, 0.05) is 37.8 Å². The van der Waals surface area contributed by atoms with Crippen LogP contribution in [-0.4, -0.2) is 70.1 Å². The van der Waals surface area contributed by atoms with Gasteiger partial charge >= 0.3 is 6.01 Å². The molecule has 0 aromatic carbocycles. The molecule has 0 bridgehead atoms. The SMILES string of the molecule is C[C@@]1(O)CCCN(c2cc(Cl)nc(OC[C@@H]3C[C@@H](F)CN3C3CC3)n2)C1. The molecule has 3 aliphatic rings. The van der Waals surface area contributed by atoms with Crippen molar-refractivity contribution >= 4 is 17.4 Å². The van der Waals surface area contributed by atoms with E-state index >= 15 is 0 Å². The number of nitrogens with zero attached hydrogens (tertiary/aromatic N) is 4. The van der Waals surface area contributed by atoms with Gasteiger partial charge in [0.25, 0.3) is 0 Å². The molecule has 1 N–H and O–H groups in total. The van der Waals surface area contributed by atoms with Crippen LogP contribution in [0.4, 0.5) is 10.2 Å². The lowest BCUT2D eigenvalue weighted by molar-refractivity contribution is 0.0446. The summed E-state index contributed by atoms with van der Waals surface area (Å²) in [5.41, 5.74) is -0.735. The molecule has 3 atom stereocenters. The summed E-state index contributed by atoms with van der Waals surface area (Å²) >= 11 is 6.16. The number of halogens is 2. The van der Waals surface area contributed by atoms with E-state index in [4.69, 9.17) is 16.3 Å². The number of piperidine rings is 1. The molecular weight excluding hydrogens is 359 g/mol. The van der Waals surface area contributed by atoms with Gasteiger partial charge < -0.3 is 14.7 Å². The number of anilines is 1. The highest BCUT2D eigenvalue weighted by atomic mass is 35.5. The maximum atomic E-state index is 13.8. The normalized spacial score (nSPS) is 32.8. The fourth-order valence-electron chi connectivity index (χ4n) is 4.10. The van der Waals surface area contributed by atoms with Crippen molar-refractivity contribution in [3.05, 3.63) is 11.2 Å². The Labute approximate surface area is 158 Å². The zero-order chi connectivity index (χ0) is 18.3. The minimum atomic E-state index is -0.782. The molecule has 1 saturated carbocycles. The average molecular weight is 385 g/mol. The van der Waals surface area contributed by atoms with Gasteiger partial charge in [0.1, 0.15) is 23.7 Å². The van der Waals surface area contributed by atoms with Gasteiger partial charge in [0.2, 0.25) is 0 Å². The monoisotopic (exact) mass is 384 g/mol. The van der Waals surface area contributed by atoms with Crippen LogP contribution in [0, 0.1) is 0 Å². The number of aromatic nitrogens is 2. The van der Waals surface area contributed by atoms with Gasteiger partial charge in [-0.25, -0.2) is 4.39 Å². The number of alkyl halides is 1. The lowest BCUT2D eigenvalue weighted by Crippen LogP contribution is -2.46. The first-order chi connectivity index (χ1) is 12.4. The Morgan fingerprint density at radius 2 is 2.23 bits per heavy atom. The van der Waals surface area contributed by atoms with Crippen molar-refractivity contribution in [2.45, 2.75) is 62.9 Å². The Kier molecular flexibility index (Phi) is 4.96. The third kappa shape index (κ3) is 4.21. The Hall–Kier alpha value is -1.18. The second kappa shape index (κ2) is 7.09. The topological polar surface area (TPSA) is 61.7 Å². The average Bonchev–Trinajstić information content (AvgIpc) is 3.34. The molecule has 1 aromatic rings. The van der Waals surface area contributed by atoms with Gasteiger partial charge in [0.05, 0.1) is 5.60 Å². The van der Waals surface area contributed by atoms with Crippen LogP contribution in [0.3, 0.4) is 0 Å². The smallest absolute Gasteiger partial charge is 0.319 e. The molecule has 4 rings (SSSR count). The zero-order valence-electron chi connectivity index (χ0n) is 15.1. The van der Waals surface area contributed by atoms with Crippen LogP contribution >= 0.6 is 11.6 Å². The van der Waals surface area contributed by atoms with E-state index in [0.717, 1.165) is 32.2 Å². The third-order valence-electron chi connectivity index (χ3n) is 5.49. The molecule has 3 fully saturated rings. The second-order valence-electron chi connectivity index (χ2n) is 8.08. The first-order valence-corrected chi connectivity index (χ1v) is 9.82. The van der Waals surface area contributed by atoms with E-state index in [1.165, 1.54) is 0 Å². The molecular formula is C18H26ClFN4O2. The van der Waals surface area contributed by atoms with Gasteiger partial charge in [0.15, 0.2) is 0 Å². The molecule has 1 aliphatic carbocycles. The summed E-state index contributed by atoms with van der Waals surface area (Å²) in [6, 6.07) is 2.49. The van der Waals surface area contributed by atoms with Crippen molar-refractivity contribution in [1.29, 1.82) is 0 Å². The highest BCUT2D eigenvalue weighted by Gasteiger charge is 2.41. The molecule has 8 heteroatoms.